The SMILES string of the molecule is C=C(C)C(=O)Nc1ccc(-c2ccc(N(c3ccc(-c4cccc5c4Cc4ccccc4-5)cc3)c3ccc(-c4cccc5c4oc4ccccc45)cc3)cc2)cc1. The van der Waals surface area contributed by atoms with E-state index in [4.69, 9.17) is 4.42 Å². The van der Waals surface area contributed by atoms with E-state index in [2.05, 4.69) is 162 Å². The summed E-state index contributed by atoms with van der Waals surface area (Å²) in [6, 6.07) is 64.3. The molecule has 0 saturated heterocycles. The van der Waals surface area contributed by atoms with Crippen molar-refractivity contribution in [3.8, 4) is 44.5 Å². The zero-order chi connectivity index (χ0) is 38.5. The Kier molecular flexibility index (Phi) is 8.38. The summed E-state index contributed by atoms with van der Waals surface area (Å²) in [6.07, 6.45) is 0.946. The molecule has 0 atom stereocenters. The number of carbonyl (C=O) groups is 1. The van der Waals surface area contributed by atoms with Gasteiger partial charge in [0.05, 0.1) is 0 Å². The maximum Gasteiger partial charge on any atom is 0.250 e. The van der Waals surface area contributed by atoms with Crippen molar-refractivity contribution in [3.63, 3.8) is 0 Å². The lowest BCUT2D eigenvalue weighted by Crippen LogP contribution is -2.11. The van der Waals surface area contributed by atoms with E-state index < -0.39 is 0 Å². The van der Waals surface area contributed by atoms with E-state index >= 15 is 0 Å². The van der Waals surface area contributed by atoms with Crippen molar-refractivity contribution in [1.82, 2.24) is 0 Å². The van der Waals surface area contributed by atoms with Crippen LogP contribution in [0.15, 0.2) is 199 Å². The molecule has 0 unspecified atom stereocenters. The molecule has 1 aliphatic rings. The van der Waals surface area contributed by atoms with Crippen LogP contribution >= 0.6 is 0 Å². The summed E-state index contributed by atoms with van der Waals surface area (Å²) < 4.78 is 6.40. The second-order valence-electron chi connectivity index (χ2n) is 14.7. The number of benzene rings is 8. The fraction of sp³-hybridized carbons (Fsp3) is 0.0377. The summed E-state index contributed by atoms with van der Waals surface area (Å²) in [5, 5.41) is 5.13. The van der Waals surface area contributed by atoms with Gasteiger partial charge in [0.25, 0.3) is 5.91 Å². The molecular weight excluding hydrogens is 697 g/mol. The van der Waals surface area contributed by atoms with Crippen LogP contribution in [0.5, 0.6) is 0 Å². The van der Waals surface area contributed by atoms with Crippen LogP contribution in [-0.2, 0) is 11.2 Å². The highest BCUT2D eigenvalue weighted by Gasteiger charge is 2.22. The predicted molar refractivity (Wildman–Crippen MR) is 236 cm³/mol. The molecule has 0 aliphatic heterocycles. The van der Waals surface area contributed by atoms with Gasteiger partial charge in [0, 0.05) is 44.7 Å². The van der Waals surface area contributed by atoms with Gasteiger partial charge in [0.15, 0.2) is 0 Å². The summed E-state index contributed by atoms with van der Waals surface area (Å²) in [7, 11) is 0. The van der Waals surface area contributed by atoms with Crippen molar-refractivity contribution in [3.05, 3.63) is 205 Å². The van der Waals surface area contributed by atoms with Crippen LogP contribution in [0.2, 0.25) is 0 Å². The molecule has 0 radical (unpaired) electrons. The van der Waals surface area contributed by atoms with Gasteiger partial charge in [-0.3, -0.25) is 4.79 Å². The Balaban J connectivity index is 1.01. The number of hydrogen-bond acceptors (Lipinski definition) is 3. The second-order valence-corrected chi connectivity index (χ2v) is 14.7. The van der Waals surface area contributed by atoms with Gasteiger partial charge in [-0.25, -0.2) is 0 Å². The Morgan fingerprint density at radius 2 is 1.04 bits per heavy atom. The normalized spacial score (nSPS) is 11.7. The first-order valence-electron chi connectivity index (χ1n) is 19.3. The monoisotopic (exact) mass is 734 g/mol. The molecule has 1 amide bonds. The maximum absolute atomic E-state index is 12.1. The number of furan rings is 1. The number of fused-ring (bicyclic) bond motifs is 6. The molecule has 8 aromatic carbocycles. The van der Waals surface area contributed by atoms with Crippen LogP contribution in [-0.4, -0.2) is 5.91 Å². The van der Waals surface area contributed by atoms with E-state index in [9.17, 15) is 4.79 Å². The minimum Gasteiger partial charge on any atom is -0.455 e. The Bertz CT molecular complexity index is 2970. The van der Waals surface area contributed by atoms with Crippen molar-refractivity contribution in [2.75, 3.05) is 10.2 Å². The lowest BCUT2D eigenvalue weighted by molar-refractivity contribution is -0.112. The minimum absolute atomic E-state index is 0.182. The second kappa shape index (κ2) is 14.0. The number of amides is 1. The zero-order valence-electron chi connectivity index (χ0n) is 31.5. The number of hydrogen-bond donors (Lipinski definition) is 1. The van der Waals surface area contributed by atoms with E-state index in [1.54, 1.807) is 6.92 Å². The predicted octanol–water partition coefficient (Wildman–Crippen LogP) is 14.1. The van der Waals surface area contributed by atoms with Gasteiger partial charge in [-0.15, -0.1) is 0 Å². The van der Waals surface area contributed by atoms with Crippen LogP contribution in [0.4, 0.5) is 22.7 Å². The molecule has 0 saturated carbocycles. The standard InChI is InChI=1S/C53H38N2O2/c1-34(2)53(56)54-40-25-17-35(18-26-40)36-19-27-41(28-20-36)55(42-29-21-37(22-30-42)44-12-7-14-47-45-10-4-3-9-39(45)33-50(44)47)43-31-23-38(24-32-43)46-13-8-15-49-48-11-5-6-16-51(48)57-52(46)49/h3-32H,1,33H2,2H3,(H,54,56). The average Bonchev–Trinajstić information content (AvgIpc) is 3.84. The first-order chi connectivity index (χ1) is 28.0. The highest BCUT2D eigenvalue weighted by atomic mass is 16.3. The zero-order valence-corrected chi connectivity index (χ0v) is 31.5. The molecule has 10 rings (SSSR count). The van der Waals surface area contributed by atoms with Crippen molar-refractivity contribution < 1.29 is 9.21 Å². The number of rotatable bonds is 8. The van der Waals surface area contributed by atoms with Gasteiger partial charge < -0.3 is 14.6 Å². The highest BCUT2D eigenvalue weighted by molar-refractivity contribution is 6.09. The van der Waals surface area contributed by atoms with E-state index in [0.717, 1.165) is 73.4 Å². The van der Waals surface area contributed by atoms with E-state index in [-0.39, 0.29) is 5.91 Å². The molecule has 272 valence electrons. The summed E-state index contributed by atoms with van der Waals surface area (Å²) >= 11 is 0. The van der Waals surface area contributed by atoms with Gasteiger partial charge in [-0.1, -0.05) is 134 Å². The molecule has 4 nitrogen and oxygen atoms in total. The maximum atomic E-state index is 12.1. The van der Waals surface area contributed by atoms with Crippen LogP contribution in [0.25, 0.3) is 66.4 Å². The lowest BCUT2D eigenvalue weighted by atomic mass is 9.95. The first-order valence-corrected chi connectivity index (χ1v) is 19.3. The molecule has 0 fully saturated rings. The molecule has 9 aromatic rings. The molecule has 0 spiro atoms. The van der Waals surface area contributed by atoms with Gasteiger partial charge in [-0.05, 0) is 118 Å². The summed E-state index contributed by atoms with van der Waals surface area (Å²) in [5.74, 6) is -0.182. The molecule has 1 aliphatic carbocycles. The third-order valence-electron chi connectivity index (χ3n) is 11.1. The summed E-state index contributed by atoms with van der Waals surface area (Å²) in [6.45, 7) is 5.44. The highest BCUT2D eigenvalue weighted by Crippen LogP contribution is 2.43. The number of anilines is 4. The van der Waals surface area contributed by atoms with Crippen LogP contribution in [0.3, 0.4) is 0 Å². The van der Waals surface area contributed by atoms with Crippen molar-refractivity contribution in [1.29, 1.82) is 0 Å². The van der Waals surface area contributed by atoms with E-state index in [1.165, 1.54) is 33.4 Å². The molecule has 57 heavy (non-hydrogen) atoms. The number of nitrogens with zero attached hydrogens (tertiary/aromatic N) is 1. The average molecular weight is 735 g/mol. The van der Waals surface area contributed by atoms with E-state index in [1.807, 2.05) is 36.4 Å². The quantitative estimate of drug-likeness (QED) is 0.158. The smallest absolute Gasteiger partial charge is 0.250 e. The summed E-state index contributed by atoms with van der Waals surface area (Å²) in [5.41, 5.74) is 18.4. The number of carbonyl (C=O) groups excluding carboxylic acids is 1. The topological polar surface area (TPSA) is 45.5 Å². The van der Waals surface area contributed by atoms with Crippen molar-refractivity contribution in [2.24, 2.45) is 0 Å². The van der Waals surface area contributed by atoms with Gasteiger partial charge in [-0.2, -0.15) is 0 Å². The van der Waals surface area contributed by atoms with Gasteiger partial charge in [0.1, 0.15) is 11.2 Å². The van der Waals surface area contributed by atoms with Gasteiger partial charge in [0.2, 0.25) is 0 Å². The fourth-order valence-electron chi connectivity index (χ4n) is 8.22. The van der Waals surface area contributed by atoms with Crippen LogP contribution in [0.1, 0.15) is 18.1 Å². The molecule has 1 heterocycles. The van der Waals surface area contributed by atoms with Crippen LogP contribution in [0, 0.1) is 0 Å². The molecule has 4 heteroatoms. The molecule has 1 N–H and O–H groups in total. The van der Waals surface area contributed by atoms with E-state index in [0.29, 0.717) is 5.57 Å². The van der Waals surface area contributed by atoms with Crippen molar-refractivity contribution >= 4 is 50.6 Å². The Hall–Kier alpha value is -7.43. The third-order valence-corrected chi connectivity index (χ3v) is 11.1. The molecule has 0 bridgehead atoms. The minimum atomic E-state index is -0.182. The summed E-state index contributed by atoms with van der Waals surface area (Å²) in [4.78, 5) is 14.4. The third kappa shape index (κ3) is 6.18. The van der Waals surface area contributed by atoms with Crippen molar-refractivity contribution in [2.45, 2.75) is 13.3 Å². The Morgan fingerprint density at radius 3 is 1.72 bits per heavy atom. The Morgan fingerprint density at radius 1 is 0.526 bits per heavy atom. The fourth-order valence-corrected chi connectivity index (χ4v) is 8.22. The number of nitrogens with one attached hydrogen (secondary N) is 1. The number of para-hydroxylation sites is 2. The lowest BCUT2D eigenvalue weighted by Gasteiger charge is -2.26. The van der Waals surface area contributed by atoms with Crippen LogP contribution < -0.4 is 10.2 Å². The first kappa shape index (κ1) is 34.1. The largest absolute Gasteiger partial charge is 0.455 e. The Labute approximate surface area is 332 Å². The molecule has 1 aromatic heterocycles. The molecular formula is C53H38N2O2. The van der Waals surface area contributed by atoms with Gasteiger partial charge >= 0.3 is 0 Å².